The molecule has 0 aliphatic rings. The fraction of sp³-hybridized carbons (Fsp3) is 0.368. The Bertz CT molecular complexity index is 909. The van der Waals surface area contributed by atoms with Gasteiger partial charge in [0.2, 0.25) is 5.82 Å². The second-order valence-corrected chi connectivity index (χ2v) is 7.03. The normalized spacial score (nSPS) is 11.2. The van der Waals surface area contributed by atoms with Crippen LogP contribution in [0.1, 0.15) is 35.6 Å². The highest BCUT2D eigenvalue weighted by Crippen LogP contribution is 2.30. The number of rotatable bonds is 8. The zero-order valence-electron chi connectivity index (χ0n) is 15.8. The Morgan fingerprint density at radius 3 is 2.46 bits per heavy atom. The van der Waals surface area contributed by atoms with Crippen LogP contribution < -0.4 is 4.74 Å². The average Bonchev–Trinajstić information content (AvgIpc) is 3.15. The lowest BCUT2D eigenvalue weighted by atomic mass is 10.0. The molecule has 0 atom stereocenters. The molecule has 0 radical (unpaired) electrons. The number of benzene rings is 1. The topological polar surface area (TPSA) is 73.9 Å². The van der Waals surface area contributed by atoms with Crippen molar-refractivity contribution in [2.24, 2.45) is 0 Å². The SMILES string of the molecule is CSc1ccc(CCCOc2cc(C)c(-c3noc(C(F)F)n3)c(C)c2)nn1. The minimum atomic E-state index is -2.79. The maximum atomic E-state index is 12.7. The molecule has 0 fully saturated rings. The summed E-state index contributed by atoms with van der Waals surface area (Å²) < 4.78 is 35.8. The standard InChI is InChI=1S/C19H20F2N4O2S/c1-11-9-14(26-8-4-5-13-6-7-15(28-3)24-23-13)10-12(2)16(11)18-22-19(17(20)21)27-25-18/h6-7,9-10,17H,4-5,8H2,1-3H3. The van der Waals surface area contributed by atoms with Gasteiger partial charge in [-0.2, -0.15) is 18.9 Å². The van der Waals surface area contributed by atoms with Crippen LogP contribution in [0, 0.1) is 13.8 Å². The molecule has 3 rings (SSSR count). The van der Waals surface area contributed by atoms with Crippen molar-refractivity contribution < 1.29 is 18.0 Å². The Kier molecular flexibility index (Phi) is 6.56. The summed E-state index contributed by atoms with van der Waals surface area (Å²) in [5.74, 6) is 0.187. The Morgan fingerprint density at radius 1 is 1.14 bits per heavy atom. The Hall–Kier alpha value is -2.55. The van der Waals surface area contributed by atoms with E-state index in [0.29, 0.717) is 17.9 Å². The third kappa shape index (κ3) is 4.83. The minimum Gasteiger partial charge on any atom is -0.494 e. The van der Waals surface area contributed by atoms with E-state index in [-0.39, 0.29) is 5.82 Å². The summed E-state index contributed by atoms with van der Waals surface area (Å²) >= 11 is 1.56. The van der Waals surface area contributed by atoms with Crippen molar-refractivity contribution in [2.45, 2.75) is 38.1 Å². The zero-order valence-corrected chi connectivity index (χ0v) is 16.6. The van der Waals surface area contributed by atoms with Gasteiger partial charge in [0.25, 0.3) is 5.89 Å². The van der Waals surface area contributed by atoms with Crippen molar-refractivity contribution in [1.82, 2.24) is 20.3 Å². The predicted molar refractivity (Wildman–Crippen MR) is 102 cm³/mol. The molecule has 0 amide bonds. The average molecular weight is 406 g/mol. The van der Waals surface area contributed by atoms with Gasteiger partial charge in [-0.15, -0.1) is 16.9 Å². The van der Waals surface area contributed by atoms with Gasteiger partial charge in [-0.25, -0.2) is 0 Å². The summed E-state index contributed by atoms with van der Waals surface area (Å²) in [5, 5.41) is 12.8. The third-order valence-electron chi connectivity index (χ3n) is 4.11. The van der Waals surface area contributed by atoms with Crippen LogP contribution in [-0.2, 0) is 6.42 Å². The minimum absolute atomic E-state index is 0.157. The van der Waals surface area contributed by atoms with E-state index in [0.717, 1.165) is 34.7 Å². The molecule has 148 valence electrons. The fourth-order valence-electron chi connectivity index (χ4n) is 2.82. The van der Waals surface area contributed by atoms with E-state index in [9.17, 15) is 8.78 Å². The number of thioether (sulfide) groups is 1. The van der Waals surface area contributed by atoms with Gasteiger partial charge >= 0.3 is 6.43 Å². The number of hydrogen-bond acceptors (Lipinski definition) is 7. The quantitative estimate of drug-likeness (QED) is 0.392. The van der Waals surface area contributed by atoms with Crippen LogP contribution in [0.15, 0.2) is 33.8 Å². The molecule has 2 aromatic heterocycles. The molecule has 6 nitrogen and oxygen atoms in total. The number of nitrogens with zero attached hydrogens (tertiary/aromatic N) is 4. The molecule has 1 aromatic carbocycles. The molecule has 0 spiro atoms. The number of aromatic nitrogens is 4. The first-order valence-electron chi connectivity index (χ1n) is 8.70. The maximum Gasteiger partial charge on any atom is 0.315 e. The Balaban J connectivity index is 1.60. The number of halogens is 2. The van der Waals surface area contributed by atoms with E-state index < -0.39 is 12.3 Å². The molecule has 2 heterocycles. The molecule has 0 unspecified atom stereocenters. The van der Waals surface area contributed by atoms with Crippen LogP contribution in [0.5, 0.6) is 5.75 Å². The first-order valence-corrected chi connectivity index (χ1v) is 9.93. The summed E-state index contributed by atoms with van der Waals surface area (Å²) in [6, 6.07) is 7.61. The van der Waals surface area contributed by atoms with Crippen molar-refractivity contribution in [1.29, 1.82) is 0 Å². The molecule has 28 heavy (non-hydrogen) atoms. The maximum absolute atomic E-state index is 12.7. The zero-order chi connectivity index (χ0) is 20.1. The molecule has 0 saturated carbocycles. The van der Waals surface area contributed by atoms with Crippen molar-refractivity contribution in [3.63, 3.8) is 0 Å². The van der Waals surface area contributed by atoms with Gasteiger partial charge in [-0.3, -0.25) is 0 Å². The summed E-state index contributed by atoms with van der Waals surface area (Å²) in [5.41, 5.74) is 3.26. The van der Waals surface area contributed by atoms with Crippen LogP contribution >= 0.6 is 11.8 Å². The van der Waals surface area contributed by atoms with Crippen molar-refractivity contribution in [3.8, 4) is 17.1 Å². The molecule has 0 aliphatic heterocycles. The second kappa shape index (κ2) is 9.09. The lowest BCUT2D eigenvalue weighted by Gasteiger charge is -2.11. The summed E-state index contributed by atoms with van der Waals surface area (Å²) in [7, 11) is 0. The van der Waals surface area contributed by atoms with Gasteiger partial charge in [0.1, 0.15) is 10.8 Å². The number of alkyl halides is 2. The van der Waals surface area contributed by atoms with Crippen LogP contribution in [0.2, 0.25) is 0 Å². The molecule has 0 aliphatic carbocycles. The van der Waals surface area contributed by atoms with Crippen molar-refractivity contribution >= 4 is 11.8 Å². The van der Waals surface area contributed by atoms with E-state index in [2.05, 4.69) is 24.9 Å². The van der Waals surface area contributed by atoms with Gasteiger partial charge in [-0.1, -0.05) is 5.16 Å². The van der Waals surface area contributed by atoms with Gasteiger partial charge in [0.15, 0.2) is 0 Å². The van der Waals surface area contributed by atoms with Gasteiger partial charge < -0.3 is 9.26 Å². The summed E-state index contributed by atoms with van der Waals surface area (Å²) in [6.45, 7) is 4.24. The van der Waals surface area contributed by atoms with E-state index in [1.165, 1.54) is 0 Å². The van der Waals surface area contributed by atoms with Crippen LogP contribution in [0.25, 0.3) is 11.4 Å². The Labute approximate surface area is 165 Å². The van der Waals surface area contributed by atoms with Crippen LogP contribution in [-0.4, -0.2) is 33.2 Å². The molecule has 0 saturated heterocycles. The van der Waals surface area contributed by atoms with Crippen LogP contribution in [0.3, 0.4) is 0 Å². The van der Waals surface area contributed by atoms with Gasteiger partial charge in [0, 0.05) is 5.56 Å². The van der Waals surface area contributed by atoms with E-state index in [1.54, 1.807) is 11.8 Å². The molecule has 0 N–H and O–H groups in total. The Morgan fingerprint density at radius 2 is 1.89 bits per heavy atom. The van der Waals surface area contributed by atoms with E-state index >= 15 is 0 Å². The predicted octanol–water partition coefficient (Wildman–Crippen LogP) is 4.81. The molecule has 3 aromatic rings. The largest absolute Gasteiger partial charge is 0.494 e. The monoisotopic (exact) mass is 406 g/mol. The second-order valence-electron chi connectivity index (χ2n) is 6.21. The summed E-state index contributed by atoms with van der Waals surface area (Å²) in [6.07, 6.45) is 0.752. The lowest BCUT2D eigenvalue weighted by molar-refractivity contribution is 0.106. The highest BCUT2D eigenvalue weighted by Gasteiger charge is 2.19. The van der Waals surface area contributed by atoms with E-state index in [1.807, 2.05) is 44.4 Å². The summed E-state index contributed by atoms with van der Waals surface area (Å²) in [4.78, 5) is 3.77. The highest BCUT2D eigenvalue weighted by atomic mass is 32.2. The highest BCUT2D eigenvalue weighted by molar-refractivity contribution is 7.98. The van der Waals surface area contributed by atoms with Crippen molar-refractivity contribution in [2.75, 3.05) is 12.9 Å². The third-order valence-corrected chi connectivity index (χ3v) is 4.74. The first kappa shape index (κ1) is 20.2. The molecule has 0 bridgehead atoms. The van der Waals surface area contributed by atoms with Crippen molar-refractivity contribution in [3.05, 3.63) is 47.0 Å². The number of aryl methyl sites for hydroxylation is 3. The number of ether oxygens (including phenoxy) is 1. The molecular weight excluding hydrogens is 386 g/mol. The van der Waals surface area contributed by atoms with E-state index in [4.69, 9.17) is 4.74 Å². The van der Waals surface area contributed by atoms with Gasteiger partial charge in [-0.05, 0) is 68.3 Å². The molecule has 9 heteroatoms. The number of hydrogen-bond donors (Lipinski definition) is 0. The smallest absolute Gasteiger partial charge is 0.315 e. The first-order chi connectivity index (χ1) is 13.5. The lowest BCUT2D eigenvalue weighted by Crippen LogP contribution is -2.02. The fourth-order valence-corrected chi connectivity index (χ4v) is 3.14. The van der Waals surface area contributed by atoms with Crippen LogP contribution in [0.4, 0.5) is 8.78 Å². The van der Waals surface area contributed by atoms with Gasteiger partial charge in [0.05, 0.1) is 12.3 Å². The molecular formula is C19H20F2N4O2S.